The molecule has 26 heavy (non-hydrogen) atoms. The van der Waals surface area contributed by atoms with Crippen LogP contribution in [0.3, 0.4) is 0 Å². The number of oxazole rings is 1. The van der Waals surface area contributed by atoms with Crippen molar-refractivity contribution in [3.8, 4) is 11.3 Å². The van der Waals surface area contributed by atoms with Gasteiger partial charge in [0.05, 0.1) is 11.1 Å². The van der Waals surface area contributed by atoms with Crippen LogP contribution in [0.15, 0.2) is 34.9 Å². The van der Waals surface area contributed by atoms with Crippen LogP contribution in [0.5, 0.6) is 0 Å². The lowest BCUT2D eigenvalue weighted by Crippen LogP contribution is -2.62. The minimum Gasteiger partial charge on any atom is -0.432 e. The molecule has 3 fully saturated rings. The highest BCUT2D eigenvalue weighted by atomic mass is 16.6. The van der Waals surface area contributed by atoms with Gasteiger partial charge in [-0.3, -0.25) is 19.8 Å². The summed E-state index contributed by atoms with van der Waals surface area (Å²) in [6.45, 7) is 4.34. The highest BCUT2D eigenvalue weighted by Gasteiger charge is 2.40. The summed E-state index contributed by atoms with van der Waals surface area (Å²) in [5, 5.41) is 13.8. The molecule has 3 aliphatic rings. The molecule has 1 aromatic heterocycles. The smallest absolute Gasteiger partial charge is 0.307 e. The third kappa shape index (κ3) is 2.96. The number of nitrogens with one attached hydrogen (secondary N) is 1. The van der Waals surface area contributed by atoms with Crippen LogP contribution in [0.4, 0.5) is 5.69 Å². The molecule has 8 nitrogen and oxygen atoms in total. The molecule has 1 amide bonds. The summed E-state index contributed by atoms with van der Waals surface area (Å²) in [5.74, 6) is 0.612. The van der Waals surface area contributed by atoms with E-state index in [1.165, 1.54) is 18.3 Å². The Morgan fingerprint density at radius 2 is 2.00 bits per heavy atom. The number of rotatable bonds is 4. The van der Waals surface area contributed by atoms with E-state index in [1.54, 1.807) is 12.1 Å². The lowest BCUT2D eigenvalue weighted by Gasteiger charge is -2.49. The quantitative estimate of drug-likeness (QED) is 0.667. The van der Waals surface area contributed by atoms with Gasteiger partial charge in [-0.1, -0.05) is 0 Å². The number of carbonyl (C=O) groups is 1. The molecule has 8 heteroatoms. The molecule has 4 heterocycles. The number of amides is 1. The fourth-order valence-corrected chi connectivity index (χ4v) is 4.02. The maximum atomic E-state index is 12.5. The summed E-state index contributed by atoms with van der Waals surface area (Å²) in [6, 6.07) is 6.38. The number of piperidine rings is 3. The first-order chi connectivity index (χ1) is 12.5. The molecular formula is C18H20N4O4. The van der Waals surface area contributed by atoms with Crippen LogP contribution in [0.2, 0.25) is 0 Å². The lowest BCUT2D eigenvalue weighted by molar-refractivity contribution is -0.384. The van der Waals surface area contributed by atoms with Crippen LogP contribution >= 0.6 is 0 Å². The average Bonchev–Trinajstić information content (AvgIpc) is 3.15. The average molecular weight is 356 g/mol. The Morgan fingerprint density at radius 1 is 1.31 bits per heavy atom. The van der Waals surface area contributed by atoms with E-state index in [1.807, 2.05) is 0 Å². The third-order valence-electron chi connectivity index (χ3n) is 5.54. The Morgan fingerprint density at radius 3 is 2.62 bits per heavy atom. The van der Waals surface area contributed by atoms with Gasteiger partial charge in [0, 0.05) is 29.8 Å². The summed E-state index contributed by atoms with van der Waals surface area (Å²) < 4.78 is 5.58. The van der Waals surface area contributed by atoms with Gasteiger partial charge in [-0.2, -0.15) is 0 Å². The van der Waals surface area contributed by atoms with Gasteiger partial charge in [0.15, 0.2) is 5.76 Å². The van der Waals surface area contributed by atoms with Crippen molar-refractivity contribution in [1.29, 1.82) is 0 Å². The number of hydrogen-bond acceptors (Lipinski definition) is 6. The molecule has 2 bridgehead atoms. The number of nitrogens with zero attached hydrogens (tertiary/aromatic N) is 3. The second kappa shape index (κ2) is 6.53. The van der Waals surface area contributed by atoms with Crippen molar-refractivity contribution in [2.24, 2.45) is 5.92 Å². The van der Waals surface area contributed by atoms with Gasteiger partial charge in [-0.15, -0.1) is 0 Å². The molecule has 0 aliphatic carbocycles. The highest BCUT2D eigenvalue weighted by molar-refractivity contribution is 5.90. The van der Waals surface area contributed by atoms with Crippen LogP contribution in [0.1, 0.15) is 30.5 Å². The molecule has 0 unspecified atom stereocenters. The van der Waals surface area contributed by atoms with E-state index in [9.17, 15) is 14.9 Å². The molecular weight excluding hydrogens is 336 g/mol. The lowest BCUT2D eigenvalue weighted by atomic mass is 9.79. The number of non-ortho nitro benzene ring substituents is 1. The highest BCUT2D eigenvalue weighted by Crippen LogP contribution is 2.32. The standard InChI is InChI=1S/C18H20N4O4/c1-11-16(13-6-8-21(11)9-7-13)20-17(23)18-19-10-15(26-18)12-2-4-14(5-3-12)22(24)25/h2-5,10-11,13,16H,6-9H2,1H3,(H,20,23)/t11-,16-/m0/s1. The van der Waals surface area contributed by atoms with Crippen LogP contribution in [0, 0.1) is 16.0 Å². The van der Waals surface area contributed by atoms with E-state index in [-0.39, 0.29) is 23.5 Å². The maximum Gasteiger partial charge on any atom is 0.307 e. The largest absolute Gasteiger partial charge is 0.432 e. The monoisotopic (exact) mass is 356 g/mol. The number of nitro benzene ring substituents is 1. The van der Waals surface area contributed by atoms with Crippen molar-refractivity contribution < 1.29 is 14.1 Å². The first-order valence-electron chi connectivity index (χ1n) is 8.78. The molecule has 0 saturated carbocycles. The van der Waals surface area contributed by atoms with E-state index >= 15 is 0 Å². The fraction of sp³-hybridized carbons (Fsp3) is 0.444. The normalized spacial score (nSPS) is 27.3. The van der Waals surface area contributed by atoms with Gasteiger partial charge in [0.2, 0.25) is 0 Å². The Labute approximate surface area is 150 Å². The molecule has 0 spiro atoms. The predicted octanol–water partition coefficient (Wildman–Crippen LogP) is 2.46. The fourth-order valence-electron chi connectivity index (χ4n) is 4.02. The molecule has 136 valence electrons. The van der Waals surface area contributed by atoms with E-state index in [2.05, 4.69) is 22.1 Å². The summed E-state index contributed by atoms with van der Waals surface area (Å²) >= 11 is 0. The summed E-state index contributed by atoms with van der Waals surface area (Å²) in [4.78, 5) is 29.3. The first-order valence-corrected chi connectivity index (χ1v) is 8.78. The van der Waals surface area contributed by atoms with E-state index in [0.29, 0.717) is 23.3 Å². The molecule has 2 atom stereocenters. The SMILES string of the molecule is C[C@H]1[C@H](NC(=O)c2ncc(-c3ccc([N+](=O)[O-])cc3)o2)C2CCN1CC2. The zero-order chi connectivity index (χ0) is 18.3. The van der Waals surface area contributed by atoms with Gasteiger partial charge in [0.1, 0.15) is 0 Å². The third-order valence-corrected chi connectivity index (χ3v) is 5.54. The number of aromatic nitrogens is 1. The predicted molar refractivity (Wildman–Crippen MR) is 93.6 cm³/mol. The van der Waals surface area contributed by atoms with Crippen molar-refractivity contribution >= 4 is 11.6 Å². The van der Waals surface area contributed by atoms with E-state index in [0.717, 1.165) is 25.9 Å². The molecule has 0 radical (unpaired) electrons. The number of fused-ring (bicyclic) bond motifs is 3. The maximum absolute atomic E-state index is 12.5. The topological polar surface area (TPSA) is 102 Å². The Bertz CT molecular complexity index is 822. The van der Waals surface area contributed by atoms with Crippen LogP contribution in [-0.2, 0) is 0 Å². The number of benzene rings is 1. The van der Waals surface area contributed by atoms with Gasteiger partial charge >= 0.3 is 5.91 Å². The van der Waals surface area contributed by atoms with Crippen molar-refractivity contribution in [2.75, 3.05) is 13.1 Å². The number of carbonyl (C=O) groups excluding carboxylic acids is 1. The molecule has 3 aliphatic heterocycles. The molecule has 1 N–H and O–H groups in total. The zero-order valence-corrected chi connectivity index (χ0v) is 14.4. The van der Waals surface area contributed by atoms with E-state index < -0.39 is 4.92 Å². The molecule has 5 rings (SSSR count). The summed E-state index contributed by atoms with van der Waals surface area (Å²) in [6.07, 6.45) is 3.68. The van der Waals surface area contributed by atoms with Crippen LogP contribution < -0.4 is 5.32 Å². The van der Waals surface area contributed by atoms with Gasteiger partial charge in [0.25, 0.3) is 11.6 Å². The van der Waals surface area contributed by atoms with Crippen molar-refractivity contribution in [1.82, 2.24) is 15.2 Å². The Kier molecular flexibility index (Phi) is 4.20. The van der Waals surface area contributed by atoms with Crippen molar-refractivity contribution in [3.63, 3.8) is 0 Å². The van der Waals surface area contributed by atoms with Gasteiger partial charge in [-0.25, -0.2) is 4.98 Å². The van der Waals surface area contributed by atoms with E-state index in [4.69, 9.17) is 4.42 Å². The first kappa shape index (κ1) is 16.7. The molecule has 3 saturated heterocycles. The van der Waals surface area contributed by atoms with Crippen molar-refractivity contribution in [2.45, 2.75) is 31.8 Å². The number of hydrogen-bond donors (Lipinski definition) is 1. The minimum atomic E-state index is -0.460. The Hall–Kier alpha value is -2.74. The van der Waals surface area contributed by atoms with Gasteiger partial charge < -0.3 is 9.73 Å². The second-order valence-corrected chi connectivity index (χ2v) is 6.95. The summed E-state index contributed by atoms with van der Waals surface area (Å²) in [5.41, 5.74) is 0.640. The number of nitro groups is 1. The molecule has 2 aromatic rings. The minimum absolute atomic E-state index is 0.00238. The van der Waals surface area contributed by atoms with Gasteiger partial charge in [-0.05, 0) is 50.9 Å². The second-order valence-electron chi connectivity index (χ2n) is 6.95. The van der Waals surface area contributed by atoms with Crippen LogP contribution in [-0.4, -0.2) is 45.9 Å². The molecule has 1 aromatic carbocycles. The Balaban J connectivity index is 1.47. The summed E-state index contributed by atoms with van der Waals surface area (Å²) in [7, 11) is 0. The zero-order valence-electron chi connectivity index (χ0n) is 14.4. The van der Waals surface area contributed by atoms with Crippen molar-refractivity contribution in [3.05, 3.63) is 46.5 Å². The van der Waals surface area contributed by atoms with Crippen LogP contribution in [0.25, 0.3) is 11.3 Å².